The summed E-state index contributed by atoms with van der Waals surface area (Å²) in [5.74, 6) is 0. The van der Waals surface area contributed by atoms with Crippen LogP contribution < -0.4 is 5.73 Å². The van der Waals surface area contributed by atoms with Crippen LogP contribution in [0.4, 0.5) is 0 Å². The first kappa shape index (κ1) is 33.8. The van der Waals surface area contributed by atoms with E-state index in [9.17, 15) is 10.2 Å². The van der Waals surface area contributed by atoms with Crippen molar-refractivity contribution in [1.82, 2.24) is 4.90 Å². The maximum Gasteiger partial charge on any atom is 0.0667 e. The highest BCUT2D eigenvalue weighted by Crippen LogP contribution is 2.14. The van der Waals surface area contributed by atoms with Gasteiger partial charge in [-0.25, -0.2) is 0 Å². The molecule has 0 aromatic heterocycles. The lowest BCUT2D eigenvalue weighted by Gasteiger charge is -2.27. The number of hydrogen-bond donors (Lipinski definition) is 3. The Morgan fingerprint density at radius 3 is 1.26 bits per heavy atom. The maximum absolute atomic E-state index is 10.6. The van der Waals surface area contributed by atoms with Gasteiger partial charge >= 0.3 is 0 Å². The van der Waals surface area contributed by atoms with Crippen molar-refractivity contribution < 1.29 is 10.2 Å². The van der Waals surface area contributed by atoms with Gasteiger partial charge in [0.25, 0.3) is 0 Å². The summed E-state index contributed by atoms with van der Waals surface area (Å²) in [4.78, 5) is 2.33. The lowest BCUT2D eigenvalue weighted by molar-refractivity contribution is 0.0596. The quantitative estimate of drug-likeness (QED) is 0.100. The molecule has 0 spiro atoms. The van der Waals surface area contributed by atoms with Crippen molar-refractivity contribution in [1.29, 1.82) is 0 Å². The minimum atomic E-state index is -0.264. The Labute approximate surface area is 214 Å². The number of hydrogen-bond acceptors (Lipinski definition) is 4. The van der Waals surface area contributed by atoms with Crippen LogP contribution in [-0.4, -0.2) is 53.5 Å². The predicted octanol–water partition coefficient (Wildman–Crippen LogP) is 7.59. The predicted molar refractivity (Wildman–Crippen MR) is 150 cm³/mol. The van der Waals surface area contributed by atoms with Crippen molar-refractivity contribution in [3.05, 3.63) is 0 Å². The number of nitrogens with two attached hydrogens (primary N) is 1. The van der Waals surface area contributed by atoms with E-state index in [-0.39, 0.29) is 12.2 Å². The summed E-state index contributed by atoms with van der Waals surface area (Å²) in [5.41, 5.74) is 5.62. The Morgan fingerprint density at radius 2 is 0.853 bits per heavy atom. The molecule has 0 rings (SSSR count). The molecule has 0 aliphatic carbocycles. The van der Waals surface area contributed by atoms with Gasteiger partial charge in [0.2, 0.25) is 0 Å². The molecule has 0 fully saturated rings. The van der Waals surface area contributed by atoms with Gasteiger partial charge in [0.1, 0.15) is 0 Å². The third kappa shape index (κ3) is 24.9. The van der Waals surface area contributed by atoms with Crippen LogP contribution in [-0.2, 0) is 0 Å². The smallest absolute Gasteiger partial charge is 0.0667 e. The van der Waals surface area contributed by atoms with E-state index in [0.717, 1.165) is 51.6 Å². The second-order valence-electron chi connectivity index (χ2n) is 10.8. The summed E-state index contributed by atoms with van der Waals surface area (Å²) in [6.45, 7) is 7.70. The first-order valence-electron chi connectivity index (χ1n) is 15.4. The van der Waals surface area contributed by atoms with Gasteiger partial charge in [-0.05, 0) is 38.8 Å². The van der Waals surface area contributed by atoms with Gasteiger partial charge in [-0.2, -0.15) is 0 Å². The molecule has 0 radical (unpaired) electrons. The van der Waals surface area contributed by atoms with Gasteiger partial charge in [0, 0.05) is 13.1 Å². The number of rotatable bonds is 28. The molecule has 2 atom stereocenters. The largest absolute Gasteiger partial charge is 0.392 e. The fourth-order valence-corrected chi connectivity index (χ4v) is 4.90. The first-order chi connectivity index (χ1) is 16.6. The highest BCUT2D eigenvalue weighted by Gasteiger charge is 2.15. The summed E-state index contributed by atoms with van der Waals surface area (Å²) in [7, 11) is 0. The zero-order valence-corrected chi connectivity index (χ0v) is 23.5. The number of aliphatic hydroxyl groups is 2. The average molecular weight is 485 g/mol. The molecular weight excluding hydrogens is 420 g/mol. The Bertz CT molecular complexity index is 353. The van der Waals surface area contributed by atoms with E-state index >= 15 is 0 Å². The second kappa shape index (κ2) is 27.4. The van der Waals surface area contributed by atoms with Crippen molar-refractivity contribution in [3.63, 3.8) is 0 Å². The zero-order valence-electron chi connectivity index (χ0n) is 23.5. The van der Waals surface area contributed by atoms with Crippen molar-refractivity contribution in [2.24, 2.45) is 5.73 Å². The van der Waals surface area contributed by atoms with Crippen molar-refractivity contribution in [3.8, 4) is 0 Å². The summed E-state index contributed by atoms with van der Waals surface area (Å²) in [5, 5.41) is 21.3. The molecule has 206 valence electrons. The highest BCUT2D eigenvalue weighted by atomic mass is 16.3. The van der Waals surface area contributed by atoms with E-state index in [0.29, 0.717) is 13.1 Å². The molecule has 0 aromatic carbocycles. The molecule has 34 heavy (non-hydrogen) atoms. The Balaban J connectivity index is 4.10. The molecule has 4 nitrogen and oxygen atoms in total. The minimum absolute atomic E-state index is 0.264. The number of aliphatic hydroxyl groups excluding tert-OH is 2. The van der Waals surface area contributed by atoms with Crippen LogP contribution in [0.15, 0.2) is 0 Å². The fraction of sp³-hybridized carbons (Fsp3) is 1.00. The van der Waals surface area contributed by atoms with Crippen molar-refractivity contribution >= 4 is 0 Å². The van der Waals surface area contributed by atoms with E-state index in [4.69, 9.17) is 5.73 Å². The van der Waals surface area contributed by atoms with Gasteiger partial charge in [-0.1, -0.05) is 129 Å². The lowest BCUT2D eigenvalue weighted by Crippen LogP contribution is -2.38. The van der Waals surface area contributed by atoms with Crippen LogP contribution in [0.1, 0.15) is 155 Å². The molecule has 0 saturated heterocycles. The van der Waals surface area contributed by atoms with Gasteiger partial charge < -0.3 is 15.9 Å². The van der Waals surface area contributed by atoms with Crippen molar-refractivity contribution in [2.45, 2.75) is 167 Å². The maximum atomic E-state index is 10.6. The Morgan fingerprint density at radius 1 is 0.500 bits per heavy atom. The summed E-state index contributed by atoms with van der Waals surface area (Å²) >= 11 is 0. The molecule has 0 amide bonds. The topological polar surface area (TPSA) is 69.7 Å². The van der Waals surface area contributed by atoms with E-state index in [1.807, 2.05) is 0 Å². The average Bonchev–Trinajstić information content (AvgIpc) is 2.82. The minimum Gasteiger partial charge on any atom is -0.392 e. The normalized spacial score (nSPS) is 13.6. The second-order valence-corrected chi connectivity index (χ2v) is 10.8. The van der Waals surface area contributed by atoms with E-state index in [1.54, 1.807) is 0 Å². The molecular formula is C30H64N2O2. The monoisotopic (exact) mass is 484 g/mol. The lowest BCUT2D eigenvalue weighted by atomic mass is 10.0. The molecule has 0 aromatic rings. The SMILES string of the molecule is CCCCCCCCCCC(O)CN(CCCCCCN)CC(O)CCCCCCCCCC. The van der Waals surface area contributed by atoms with E-state index < -0.39 is 0 Å². The fourth-order valence-electron chi connectivity index (χ4n) is 4.90. The zero-order chi connectivity index (χ0) is 25.1. The summed E-state index contributed by atoms with van der Waals surface area (Å²) in [6.07, 6.45) is 26.7. The van der Waals surface area contributed by atoms with Crippen LogP contribution in [0.25, 0.3) is 0 Å². The van der Waals surface area contributed by atoms with Crippen LogP contribution >= 0.6 is 0 Å². The first-order valence-corrected chi connectivity index (χ1v) is 15.4. The molecule has 0 bridgehead atoms. The van der Waals surface area contributed by atoms with E-state index in [2.05, 4.69) is 18.7 Å². The number of unbranched alkanes of at least 4 members (excludes halogenated alkanes) is 17. The van der Waals surface area contributed by atoms with Crippen molar-refractivity contribution in [2.75, 3.05) is 26.2 Å². The molecule has 4 heteroatoms. The molecule has 0 heterocycles. The van der Waals surface area contributed by atoms with Crippen LogP contribution in [0.5, 0.6) is 0 Å². The van der Waals surface area contributed by atoms with E-state index in [1.165, 1.54) is 103 Å². The molecule has 4 N–H and O–H groups in total. The van der Waals surface area contributed by atoms with Gasteiger partial charge in [-0.3, -0.25) is 4.90 Å². The third-order valence-corrected chi connectivity index (χ3v) is 7.15. The van der Waals surface area contributed by atoms with Crippen LogP contribution in [0, 0.1) is 0 Å². The highest BCUT2D eigenvalue weighted by molar-refractivity contribution is 4.70. The number of nitrogens with zero attached hydrogens (tertiary/aromatic N) is 1. The Kier molecular flexibility index (Phi) is 27.3. The summed E-state index contributed by atoms with van der Waals surface area (Å²) in [6, 6.07) is 0. The standard InChI is InChI=1S/C30H64N2O2/c1-3-5-7-9-11-13-15-19-23-29(33)27-32(26-22-18-17-21-25-31)28-30(34)24-20-16-14-12-10-8-6-4-2/h29-30,33-34H,3-28,31H2,1-2H3. The molecule has 2 unspecified atom stereocenters. The van der Waals surface area contributed by atoms with Crippen LogP contribution in [0.3, 0.4) is 0 Å². The molecule has 0 aliphatic heterocycles. The Hall–Kier alpha value is -0.160. The molecule has 0 saturated carbocycles. The molecule has 0 aliphatic rings. The van der Waals surface area contributed by atoms with Crippen LogP contribution in [0.2, 0.25) is 0 Å². The van der Waals surface area contributed by atoms with Gasteiger partial charge in [0.05, 0.1) is 12.2 Å². The van der Waals surface area contributed by atoms with Gasteiger partial charge in [-0.15, -0.1) is 0 Å². The third-order valence-electron chi connectivity index (χ3n) is 7.15. The summed E-state index contributed by atoms with van der Waals surface area (Å²) < 4.78 is 0. The van der Waals surface area contributed by atoms with Gasteiger partial charge in [0.15, 0.2) is 0 Å².